The van der Waals surface area contributed by atoms with E-state index in [2.05, 4.69) is 15.9 Å². The number of ether oxygens (including phenoxy) is 2. The molecule has 0 saturated carbocycles. The highest BCUT2D eigenvalue weighted by atomic mass is 79.9. The van der Waals surface area contributed by atoms with E-state index in [1.165, 1.54) is 0 Å². The van der Waals surface area contributed by atoms with E-state index in [9.17, 15) is 0 Å². The number of aryl methyl sites for hydroxylation is 2. The number of benzene rings is 2. The van der Waals surface area contributed by atoms with Gasteiger partial charge in [-0.05, 0) is 54.8 Å². The molecule has 0 amide bonds. The second-order valence-electron chi connectivity index (χ2n) is 4.99. The van der Waals surface area contributed by atoms with Crippen LogP contribution in [0.1, 0.15) is 22.8 Å². The van der Waals surface area contributed by atoms with Gasteiger partial charge in [0.1, 0.15) is 17.6 Å². The Morgan fingerprint density at radius 3 is 2.33 bits per heavy atom. The van der Waals surface area contributed by atoms with E-state index >= 15 is 0 Å². The van der Waals surface area contributed by atoms with Crippen LogP contribution in [-0.2, 0) is 0 Å². The van der Waals surface area contributed by atoms with Crippen LogP contribution in [0, 0.1) is 13.8 Å². The van der Waals surface area contributed by atoms with Gasteiger partial charge in [-0.25, -0.2) is 0 Å². The van der Waals surface area contributed by atoms with Crippen LogP contribution < -0.4 is 15.2 Å². The molecule has 2 rings (SSSR count). The molecular formula is C17H20BrNO2. The first kappa shape index (κ1) is 15.9. The molecule has 0 fully saturated rings. The topological polar surface area (TPSA) is 44.5 Å². The zero-order chi connectivity index (χ0) is 15.4. The van der Waals surface area contributed by atoms with Gasteiger partial charge in [-0.3, -0.25) is 0 Å². The first-order valence-electron chi connectivity index (χ1n) is 6.82. The average Bonchev–Trinajstić information content (AvgIpc) is 2.50. The predicted octanol–water partition coefficient (Wildman–Crippen LogP) is 4.15. The van der Waals surface area contributed by atoms with Crippen LogP contribution in [0.5, 0.6) is 11.5 Å². The fraction of sp³-hybridized carbons (Fsp3) is 0.294. The minimum absolute atomic E-state index is 0.194. The first-order chi connectivity index (χ1) is 10.0. The van der Waals surface area contributed by atoms with Gasteiger partial charge in [-0.1, -0.05) is 28.1 Å². The minimum Gasteiger partial charge on any atom is -0.497 e. The molecule has 1 atom stereocenters. The summed E-state index contributed by atoms with van der Waals surface area (Å²) in [5, 5.41) is 0. The fourth-order valence-electron chi connectivity index (χ4n) is 2.23. The zero-order valence-electron chi connectivity index (χ0n) is 12.5. The molecule has 0 heterocycles. The lowest BCUT2D eigenvalue weighted by molar-refractivity contribution is 0.213. The highest BCUT2D eigenvalue weighted by molar-refractivity contribution is 9.10. The summed E-state index contributed by atoms with van der Waals surface area (Å²) in [5.41, 5.74) is 9.17. The third-order valence-corrected chi connectivity index (χ3v) is 4.62. The summed E-state index contributed by atoms with van der Waals surface area (Å²) in [4.78, 5) is 0. The van der Waals surface area contributed by atoms with Crippen molar-refractivity contribution >= 4 is 15.9 Å². The number of methoxy groups -OCH3 is 1. The maximum atomic E-state index is 6.06. The van der Waals surface area contributed by atoms with Crippen molar-refractivity contribution in [2.75, 3.05) is 13.7 Å². The van der Waals surface area contributed by atoms with Gasteiger partial charge < -0.3 is 15.2 Å². The molecule has 0 aliphatic rings. The first-order valence-corrected chi connectivity index (χ1v) is 7.62. The van der Waals surface area contributed by atoms with Crippen molar-refractivity contribution in [3.05, 3.63) is 57.6 Å². The van der Waals surface area contributed by atoms with Gasteiger partial charge in [-0.15, -0.1) is 0 Å². The Hall–Kier alpha value is -1.52. The molecule has 2 aromatic carbocycles. The van der Waals surface area contributed by atoms with E-state index in [1.807, 2.05) is 50.2 Å². The van der Waals surface area contributed by atoms with Gasteiger partial charge in [0.05, 0.1) is 7.11 Å². The SMILES string of the molecule is COc1cccc(C(CN)Oc2cc(C)c(Br)c(C)c2)c1. The van der Waals surface area contributed by atoms with E-state index < -0.39 is 0 Å². The molecule has 112 valence electrons. The standard InChI is InChI=1S/C17H20BrNO2/c1-11-7-15(8-12(2)17(11)18)21-16(10-19)13-5-4-6-14(9-13)20-3/h4-9,16H,10,19H2,1-3H3. The van der Waals surface area contributed by atoms with Gasteiger partial charge in [0.25, 0.3) is 0 Å². The van der Waals surface area contributed by atoms with E-state index in [-0.39, 0.29) is 6.10 Å². The van der Waals surface area contributed by atoms with Crippen molar-refractivity contribution in [3.8, 4) is 11.5 Å². The molecule has 0 radical (unpaired) electrons. The molecule has 21 heavy (non-hydrogen) atoms. The van der Waals surface area contributed by atoms with Crippen molar-refractivity contribution in [3.63, 3.8) is 0 Å². The second-order valence-corrected chi connectivity index (χ2v) is 5.78. The fourth-order valence-corrected chi connectivity index (χ4v) is 2.46. The molecule has 0 aliphatic carbocycles. The third-order valence-electron chi connectivity index (χ3n) is 3.37. The maximum absolute atomic E-state index is 6.06. The zero-order valence-corrected chi connectivity index (χ0v) is 14.1. The molecule has 0 aliphatic heterocycles. The molecule has 0 saturated heterocycles. The highest BCUT2D eigenvalue weighted by Gasteiger charge is 2.13. The lowest BCUT2D eigenvalue weighted by Gasteiger charge is -2.19. The van der Waals surface area contributed by atoms with E-state index in [0.717, 1.165) is 32.7 Å². The smallest absolute Gasteiger partial charge is 0.136 e. The molecule has 2 aromatic rings. The number of hydrogen-bond donors (Lipinski definition) is 1. The van der Waals surface area contributed by atoms with Gasteiger partial charge in [0, 0.05) is 11.0 Å². The van der Waals surface area contributed by atoms with Gasteiger partial charge in [0.2, 0.25) is 0 Å². The van der Waals surface area contributed by atoms with Crippen LogP contribution in [0.4, 0.5) is 0 Å². The molecule has 4 heteroatoms. The summed E-state index contributed by atoms with van der Waals surface area (Å²) < 4.78 is 12.4. The van der Waals surface area contributed by atoms with Crippen LogP contribution in [0.3, 0.4) is 0 Å². The lowest BCUT2D eigenvalue weighted by Crippen LogP contribution is -2.18. The quantitative estimate of drug-likeness (QED) is 0.881. The Morgan fingerprint density at radius 1 is 1.10 bits per heavy atom. The number of halogens is 1. The highest BCUT2D eigenvalue weighted by Crippen LogP contribution is 2.30. The minimum atomic E-state index is -0.194. The lowest BCUT2D eigenvalue weighted by atomic mass is 10.1. The van der Waals surface area contributed by atoms with Gasteiger partial charge >= 0.3 is 0 Å². The van der Waals surface area contributed by atoms with Crippen molar-refractivity contribution in [1.82, 2.24) is 0 Å². The molecule has 0 bridgehead atoms. The molecule has 3 nitrogen and oxygen atoms in total. The van der Waals surface area contributed by atoms with Crippen molar-refractivity contribution < 1.29 is 9.47 Å². The number of hydrogen-bond acceptors (Lipinski definition) is 3. The van der Waals surface area contributed by atoms with Crippen LogP contribution in [0.15, 0.2) is 40.9 Å². The third kappa shape index (κ3) is 3.77. The summed E-state index contributed by atoms with van der Waals surface area (Å²) in [6, 6.07) is 11.8. The number of rotatable bonds is 5. The second kappa shape index (κ2) is 6.96. The van der Waals surface area contributed by atoms with Crippen LogP contribution in [-0.4, -0.2) is 13.7 Å². The monoisotopic (exact) mass is 349 g/mol. The van der Waals surface area contributed by atoms with Gasteiger partial charge in [-0.2, -0.15) is 0 Å². The number of nitrogens with two attached hydrogens (primary N) is 1. The van der Waals surface area contributed by atoms with Gasteiger partial charge in [0.15, 0.2) is 0 Å². The maximum Gasteiger partial charge on any atom is 0.136 e. The summed E-state index contributed by atoms with van der Waals surface area (Å²) >= 11 is 3.56. The largest absolute Gasteiger partial charge is 0.497 e. The van der Waals surface area contributed by atoms with Crippen molar-refractivity contribution in [2.24, 2.45) is 5.73 Å². The van der Waals surface area contributed by atoms with E-state index in [0.29, 0.717) is 6.54 Å². The summed E-state index contributed by atoms with van der Waals surface area (Å²) in [6.45, 7) is 4.50. The van der Waals surface area contributed by atoms with Crippen LogP contribution in [0.2, 0.25) is 0 Å². The van der Waals surface area contributed by atoms with E-state index in [4.69, 9.17) is 15.2 Å². The van der Waals surface area contributed by atoms with E-state index in [1.54, 1.807) is 7.11 Å². The molecule has 1 unspecified atom stereocenters. The van der Waals surface area contributed by atoms with Crippen LogP contribution in [0.25, 0.3) is 0 Å². The van der Waals surface area contributed by atoms with Crippen molar-refractivity contribution in [2.45, 2.75) is 20.0 Å². The summed E-state index contributed by atoms with van der Waals surface area (Å²) in [7, 11) is 1.65. The molecule has 0 aromatic heterocycles. The van der Waals surface area contributed by atoms with Crippen LogP contribution >= 0.6 is 15.9 Å². The Morgan fingerprint density at radius 2 is 1.76 bits per heavy atom. The molecule has 0 spiro atoms. The molecular weight excluding hydrogens is 330 g/mol. The Bertz CT molecular complexity index is 605. The molecule has 2 N–H and O–H groups in total. The summed E-state index contributed by atoms with van der Waals surface area (Å²) in [5.74, 6) is 1.63. The summed E-state index contributed by atoms with van der Waals surface area (Å²) in [6.07, 6.45) is -0.194. The van der Waals surface area contributed by atoms with Crippen molar-refractivity contribution in [1.29, 1.82) is 0 Å². The Kier molecular flexibility index (Phi) is 5.26. The Labute approximate surface area is 134 Å². The normalized spacial score (nSPS) is 12.0. The predicted molar refractivity (Wildman–Crippen MR) is 89.0 cm³/mol. The Balaban J connectivity index is 2.26. The average molecular weight is 350 g/mol.